The summed E-state index contributed by atoms with van der Waals surface area (Å²) < 4.78 is 1.10. The molecule has 0 radical (unpaired) electrons. The van der Waals surface area contributed by atoms with Crippen LogP contribution in [0, 0.1) is 5.92 Å². The van der Waals surface area contributed by atoms with Gasteiger partial charge in [0.2, 0.25) is 17.7 Å². The van der Waals surface area contributed by atoms with Crippen molar-refractivity contribution in [2.75, 3.05) is 6.54 Å². The standard InChI is InChI=1S/C23H23N3O4S2/c1-2-13-5-3-4-6-16(13)17(25-19(27)10-15-11-20(28)26-21(15)29)12-24-22(30)18-9-14-7-8-31-23(14)32-18/h3-9,15,17H,2,10-12H2,1H3,(H,24,30)(H,25,27)(H,26,28,29). The van der Waals surface area contributed by atoms with Crippen molar-refractivity contribution < 1.29 is 19.2 Å². The molecule has 0 bridgehead atoms. The minimum absolute atomic E-state index is 0.0225. The highest BCUT2D eigenvalue weighted by atomic mass is 32.2. The van der Waals surface area contributed by atoms with Gasteiger partial charge < -0.3 is 10.6 Å². The number of aryl methyl sites for hydroxylation is 1. The van der Waals surface area contributed by atoms with Gasteiger partial charge in [-0.1, -0.05) is 31.2 Å². The number of hydrogen-bond donors (Lipinski definition) is 3. The minimum atomic E-state index is -0.654. The van der Waals surface area contributed by atoms with Crippen LogP contribution in [0.25, 0.3) is 9.40 Å². The first-order chi connectivity index (χ1) is 15.4. The van der Waals surface area contributed by atoms with Crippen LogP contribution in [-0.4, -0.2) is 30.2 Å². The lowest BCUT2D eigenvalue weighted by atomic mass is 9.97. The van der Waals surface area contributed by atoms with Crippen molar-refractivity contribution in [1.82, 2.24) is 16.0 Å². The van der Waals surface area contributed by atoms with Crippen LogP contribution in [0.5, 0.6) is 0 Å². The van der Waals surface area contributed by atoms with Crippen LogP contribution in [0.3, 0.4) is 0 Å². The van der Waals surface area contributed by atoms with E-state index in [9.17, 15) is 19.2 Å². The summed E-state index contributed by atoms with van der Waals surface area (Å²) in [5.74, 6) is -1.95. The Balaban J connectivity index is 1.47. The van der Waals surface area contributed by atoms with Crippen LogP contribution >= 0.6 is 22.7 Å². The summed E-state index contributed by atoms with van der Waals surface area (Å²) >= 11 is 3.05. The van der Waals surface area contributed by atoms with Gasteiger partial charge in [-0.15, -0.1) is 22.7 Å². The number of carbonyl (C=O) groups excluding carboxylic acids is 4. The summed E-state index contributed by atoms with van der Waals surface area (Å²) in [6.45, 7) is 2.24. The summed E-state index contributed by atoms with van der Waals surface area (Å²) in [7, 11) is 0. The highest BCUT2D eigenvalue weighted by Gasteiger charge is 2.32. The largest absolute Gasteiger partial charge is 0.349 e. The number of rotatable bonds is 8. The predicted molar refractivity (Wildman–Crippen MR) is 125 cm³/mol. The van der Waals surface area contributed by atoms with E-state index in [1.54, 1.807) is 11.3 Å². The molecule has 32 heavy (non-hydrogen) atoms. The lowest BCUT2D eigenvalue weighted by Gasteiger charge is -2.22. The molecule has 0 saturated carbocycles. The number of thiophene rings is 2. The molecule has 3 heterocycles. The summed E-state index contributed by atoms with van der Waals surface area (Å²) in [5, 5.41) is 11.2. The van der Waals surface area contributed by atoms with Crippen molar-refractivity contribution in [3.05, 3.63) is 57.8 Å². The zero-order chi connectivity index (χ0) is 22.7. The van der Waals surface area contributed by atoms with Crippen molar-refractivity contribution in [1.29, 1.82) is 0 Å². The first-order valence-electron chi connectivity index (χ1n) is 10.4. The highest BCUT2D eigenvalue weighted by Crippen LogP contribution is 2.30. The first kappa shape index (κ1) is 22.2. The Morgan fingerprint density at radius 1 is 1.22 bits per heavy atom. The number of carbonyl (C=O) groups is 4. The number of amides is 4. The highest BCUT2D eigenvalue weighted by molar-refractivity contribution is 7.38. The maximum Gasteiger partial charge on any atom is 0.261 e. The third-order valence-electron chi connectivity index (χ3n) is 5.48. The molecule has 1 fully saturated rings. The third-order valence-corrected chi connectivity index (χ3v) is 7.69. The Morgan fingerprint density at radius 3 is 2.75 bits per heavy atom. The van der Waals surface area contributed by atoms with E-state index in [2.05, 4.69) is 16.0 Å². The van der Waals surface area contributed by atoms with Crippen LogP contribution in [0.15, 0.2) is 41.8 Å². The van der Waals surface area contributed by atoms with Gasteiger partial charge in [-0.25, -0.2) is 0 Å². The van der Waals surface area contributed by atoms with E-state index in [4.69, 9.17) is 0 Å². The average Bonchev–Trinajstić information content (AvgIpc) is 3.46. The predicted octanol–water partition coefficient (Wildman–Crippen LogP) is 3.17. The molecule has 2 atom stereocenters. The van der Waals surface area contributed by atoms with Crippen molar-refractivity contribution in [3.63, 3.8) is 0 Å². The normalized spacial score (nSPS) is 16.7. The van der Waals surface area contributed by atoms with E-state index in [1.807, 2.05) is 48.7 Å². The Hall–Kier alpha value is -3.04. The Bertz CT molecular complexity index is 1150. The summed E-state index contributed by atoms with van der Waals surface area (Å²) in [4.78, 5) is 49.3. The fraction of sp³-hybridized carbons (Fsp3) is 0.304. The van der Waals surface area contributed by atoms with E-state index in [0.717, 1.165) is 26.9 Å². The van der Waals surface area contributed by atoms with Crippen molar-refractivity contribution in [3.8, 4) is 0 Å². The topological polar surface area (TPSA) is 104 Å². The number of benzene rings is 1. The molecular formula is C23H23N3O4S2. The fourth-order valence-electron chi connectivity index (χ4n) is 3.84. The molecule has 7 nitrogen and oxygen atoms in total. The average molecular weight is 470 g/mol. The summed E-state index contributed by atoms with van der Waals surface area (Å²) in [6, 6.07) is 11.2. The van der Waals surface area contributed by atoms with E-state index < -0.39 is 17.9 Å². The molecule has 3 N–H and O–H groups in total. The molecule has 2 unspecified atom stereocenters. The van der Waals surface area contributed by atoms with Gasteiger partial charge in [0.25, 0.3) is 5.91 Å². The number of hydrogen-bond acceptors (Lipinski definition) is 6. The van der Waals surface area contributed by atoms with E-state index in [1.165, 1.54) is 11.3 Å². The van der Waals surface area contributed by atoms with Gasteiger partial charge in [-0.3, -0.25) is 24.5 Å². The van der Waals surface area contributed by atoms with E-state index in [0.29, 0.717) is 4.88 Å². The number of fused-ring (bicyclic) bond motifs is 1. The molecule has 3 aromatic rings. The third kappa shape index (κ3) is 4.89. The number of imide groups is 1. The van der Waals surface area contributed by atoms with Gasteiger partial charge in [-0.05, 0) is 35.1 Å². The fourth-order valence-corrected chi connectivity index (χ4v) is 5.87. The van der Waals surface area contributed by atoms with Gasteiger partial charge in [0.15, 0.2) is 0 Å². The zero-order valence-corrected chi connectivity index (χ0v) is 19.1. The summed E-state index contributed by atoms with van der Waals surface area (Å²) in [5.41, 5.74) is 1.99. The Labute approximate surface area is 193 Å². The Morgan fingerprint density at radius 2 is 2.03 bits per heavy atom. The lowest BCUT2D eigenvalue weighted by molar-refractivity contribution is -0.129. The van der Waals surface area contributed by atoms with Gasteiger partial charge in [0.05, 0.1) is 20.9 Å². The van der Waals surface area contributed by atoms with Gasteiger partial charge in [0.1, 0.15) is 0 Å². The van der Waals surface area contributed by atoms with Crippen molar-refractivity contribution in [2.24, 2.45) is 5.92 Å². The molecule has 4 rings (SSSR count). The Kier molecular flexibility index (Phi) is 6.66. The second kappa shape index (κ2) is 9.62. The van der Waals surface area contributed by atoms with E-state index >= 15 is 0 Å². The quantitative estimate of drug-likeness (QED) is 0.441. The monoisotopic (exact) mass is 469 g/mol. The molecule has 0 spiro atoms. The molecule has 1 aliphatic rings. The van der Waals surface area contributed by atoms with Crippen molar-refractivity contribution in [2.45, 2.75) is 32.2 Å². The van der Waals surface area contributed by atoms with Crippen LogP contribution < -0.4 is 16.0 Å². The van der Waals surface area contributed by atoms with Crippen LogP contribution in [0.2, 0.25) is 0 Å². The second-order valence-electron chi connectivity index (χ2n) is 7.67. The first-order valence-corrected chi connectivity index (χ1v) is 12.1. The minimum Gasteiger partial charge on any atom is -0.349 e. The molecule has 1 aliphatic heterocycles. The molecule has 1 saturated heterocycles. The molecular weight excluding hydrogens is 446 g/mol. The molecule has 1 aromatic carbocycles. The van der Waals surface area contributed by atoms with E-state index in [-0.39, 0.29) is 37.1 Å². The molecule has 0 aliphatic carbocycles. The SMILES string of the molecule is CCc1ccccc1C(CNC(=O)c1cc2ccsc2s1)NC(=O)CC1CC(=O)NC1=O. The summed E-state index contributed by atoms with van der Waals surface area (Å²) in [6.07, 6.45) is 0.726. The van der Waals surface area contributed by atoms with Gasteiger partial charge in [0, 0.05) is 24.8 Å². The maximum atomic E-state index is 12.7. The molecule has 9 heteroatoms. The molecule has 166 valence electrons. The smallest absolute Gasteiger partial charge is 0.261 e. The maximum absolute atomic E-state index is 12.7. The van der Waals surface area contributed by atoms with Gasteiger partial charge in [-0.2, -0.15) is 0 Å². The molecule has 4 amide bonds. The van der Waals surface area contributed by atoms with Crippen LogP contribution in [-0.2, 0) is 20.8 Å². The van der Waals surface area contributed by atoms with Crippen LogP contribution in [0.4, 0.5) is 0 Å². The second-order valence-corrected chi connectivity index (χ2v) is 9.90. The number of nitrogens with one attached hydrogen (secondary N) is 3. The molecule has 2 aromatic heterocycles. The zero-order valence-electron chi connectivity index (χ0n) is 17.5. The lowest BCUT2D eigenvalue weighted by Crippen LogP contribution is -2.39. The van der Waals surface area contributed by atoms with Gasteiger partial charge >= 0.3 is 0 Å². The van der Waals surface area contributed by atoms with Crippen molar-refractivity contribution >= 4 is 55.7 Å². The van der Waals surface area contributed by atoms with Crippen LogP contribution in [0.1, 0.15) is 46.6 Å².